The Morgan fingerprint density at radius 3 is 2.77 bits per heavy atom. The van der Waals surface area contributed by atoms with Crippen molar-refractivity contribution in [2.45, 2.75) is 32.1 Å². The minimum Gasteiger partial charge on any atom is -0.481 e. The fraction of sp³-hybridized carbons (Fsp3) is 0.533. The number of aryl methyl sites for hydroxylation is 2. The number of hydrogen-bond acceptors (Lipinski definition) is 5. The van der Waals surface area contributed by atoms with E-state index in [2.05, 4.69) is 14.9 Å². The van der Waals surface area contributed by atoms with Crippen molar-refractivity contribution in [2.24, 2.45) is 5.92 Å². The van der Waals surface area contributed by atoms with Gasteiger partial charge >= 0.3 is 5.97 Å². The first-order valence-electron chi connectivity index (χ1n) is 7.59. The Morgan fingerprint density at radius 2 is 2.05 bits per heavy atom. The van der Waals surface area contributed by atoms with Crippen molar-refractivity contribution in [3.8, 4) is 0 Å². The maximum absolute atomic E-state index is 11.1. The molecular formula is C15H16ClN3O2S. The number of thiophene rings is 1. The Labute approximate surface area is 136 Å². The normalized spacial score (nSPS) is 18.9. The second-order valence-corrected chi connectivity index (χ2v) is 7.37. The topological polar surface area (TPSA) is 66.3 Å². The predicted octanol–water partition coefficient (Wildman–Crippen LogP) is 3.13. The molecule has 2 aromatic heterocycles. The second-order valence-electron chi connectivity index (χ2n) is 5.95. The zero-order valence-electron chi connectivity index (χ0n) is 12.0. The standard InChI is InChI=1S/C15H16ClN3O2S/c16-15-17-12(19-6-4-8(5-7-19)14(20)21)11-9-2-1-3-10(9)22-13(11)18-15/h8H,1-7H2,(H,20,21). The van der Waals surface area contributed by atoms with Gasteiger partial charge in [-0.05, 0) is 49.3 Å². The SMILES string of the molecule is O=C(O)C1CCN(c2nc(Cl)nc3sc4c(c23)CCC4)CC1. The molecule has 4 rings (SSSR count). The summed E-state index contributed by atoms with van der Waals surface area (Å²) in [6, 6.07) is 0. The van der Waals surface area contributed by atoms with Crippen molar-refractivity contribution in [2.75, 3.05) is 18.0 Å². The molecule has 1 N–H and O–H groups in total. The summed E-state index contributed by atoms with van der Waals surface area (Å²) in [6.45, 7) is 1.42. The van der Waals surface area contributed by atoms with Gasteiger partial charge in [0.25, 0.3) is 0 Å². The van der Waals surface area contributed by atoms with Crippen LogP contribution in [-0.2, 0) is 17.6 Å². The maximum Gasteiger partial charge on any atom is 0.306 e. The Hall–Kier alpha value is -1.40. The molecule has 1 saturated heterocycles. The lowest BCUT2D eigenvalue weighted by Crippen LogP contribution is -2.37. The van der Waals surface area contributed by atoms with Crippen LogP contribution in [0.15, 0.2) is 0 Å². The van der Waals surface area contributed by atoms with Gasteiger partial charge in [0.15, 0.2) is 0 Å². The Bertz CT molecular complexity index is 753. The first-order valence-corrected chi connectivity index (χ1v) is 8.78. The summed E-state index contributed by atoms with van der Waals surface area (Å²) in [5.41, 5.74) is 1.38. The third kappa shape index (κ3) is 2.25. The van der Waals surface area contributed by atoms with Crippen molar-refractivity contribution in [1.82, 2.24) is 9.97 Å². The third-order valence-corrected chi connectivity index (χ3v) is 6.02. The molecule has 0 unspecified atom stereocenters. The summed E-state index contributed by atoms with van der Waals surface area (Å²) >= 11 is 7.84. The van der Waals surface area contributed by atoms with Crippen molar-refractivity contribution in [3.05, 3.63) is 15.7 Å². The van der Waals surface area contributed by atoms with Crippen LogP contribution in [0.1, 0.15) is 29.7 Å². The summed E-state index contributed by atoms with van der Waals surface area (Å²) < 4.78 is 0. The fourth-order valence-corrected chi connectivity index (χ4v) is 4.99. The highest BCUT2D eigenvalue weighted by Crippen LogP contribution is 2.41. The van der Waals surface area contributed by atoms with E-state index in [9.17, 15) is 4.79 Å². The van der Waals surface area contributed by atoms with Crippen LogP contribution in [0.2, 0.25) is 5.28 Å². The molecule has 0 atom stereocenters. The molecule has 0 spiro atoms. The largest absolute Gasteiger partial charge is 0.481 e. The second kappa shape index (κ2) is 5.35. The number of aliphatic carboxylic acids is 1. The third-order valence-electron chi connectivity index (χ3n) is 4.66. The van der Waals surface area contributed by atoms with Gasteiger partial charge < -0.3 is 10.0 Å². The molecule has 1 aliphatic heterocycles. The van der Waals surface area contributed by atoms with Gasteiger partial charge in [0.05, 0.1) is 11.3 Å². The first kappa shape index (κ1) is 14.2. The molecule has 7 heteroatoms. The summed E-state index contributed by atoms with van der Waals surface area (Å²) in [5, 5.41) is 10.6. The lowest BCUT2D eigenvalue weighted by atomic mass is 9.97. The van der Waals surface area contributed by atoms with Gasteiger partial charge in [0.1, 0.15) is 10.6 Å². The van der Waals surface area contributed by atoms with Gasteiger partial charge in [-0.3, -0.25) is 4.79 Å². The number of rotatable bonds is 2. The number of hydrogen-bond donors (Lipinski definition) is 1. The zero-order valence-corrected chi connectivity index (χ0v) is 13.6. The summed E-state index contributed by atoms with van der Waals surface area (Å²) in [4.78, 5) is 24.6. The monoisotopic (exact) mass is 337 g/mol. The van der Waals surface area contributed by atoms with Crippen molar-refractivity contribution >= 4 is 44.9 Å². The van der Waals surface area contributed by atoms with Crippen molar-refractivity contribution in [1.29, 1.82) is 0 Å². The molecule has 2 aliphatic rings. The average Bonchev–Trinajstić information content (AvgIpc) is 3.06. The first-order chi connectivity index (χ1) is 10.6. The van der Waals surface area contributed by atoms with Gasteiger partial charge in [-0.2, -0.15) is 4.98 Å². The van der Waals surface area contributed by atoms with E-state index >= 15 is 0 Å². The Kier molecular flexibility index (Phi) is 3.46. The van der Waals surface area contributed by atoms with Crippen LogP contribution in [0.25, 0.3) is 10.2 Å². The molecule has 1 aliphatic carbocycles. The van der Waals surface area contributed by atoms with Crippen molar-refractivity contribution in [3.63, 3.8) is 0 Å². The number of piperidine rings is 1. The van der Waals surface area contributed by atoms with Crippen LogP contribution in [0, 0.1) is 5.92 Å². The van der Waals surface area contributed by atoms with Crippen LogP contribution in [0.4, 0.5) is 5.82 Å². The lowest BCUT2D eigenvalue weighted by Gasteiger charge is -2.31. The van der Waals surface area contributed by atoms with Gasteiger partial charge in [-0.15, -0.1) is 11.3 Å². The number of carboxylic acid groups (broad SMARTS) is 1. The van der Waals surface area contributed by atoms with E-state index in [-0.39, 0.29) is 11.2 Å². The number of carboxylic acids is 1. The van der Waals surface area contributed by atoms with Crippen LogP contribution in [0.5, 0.6) is 0 Å². The summed E-state index contributed by atoms with van der Waals surface area (Å²) in [6.07, 6.45) is 4.71. The Balaban J connectivity index is 1.74. The van der Waals surface area contributed by atoms with Crippen LogP contribution >= 0.6 is 22.9 Å². The van der Waals surface area contributed by atoms with Gasteiger partial charge in [-0.1, -0.05) is 0 Å². The smallest absolute Gasteiger partial charge is 0.306 e. The zero-order chi connectivity index (χ0) is 15.3. The van der Waals surface area contributed by atoms with Crippen LogP contribution in [-0.4, -0.2) is 34.1 Å². The number of carbonyl (C=O) groups is 1. The molecule has 0 amide bonds. The highest BCUT2D eigenvalue weighted by Gasteiger charge is 2.29. The van der Waals surface area contributed by atoms with Crippen molar-refractivity contribution < 1.29 is 9.90 Å². The predicted molar refractivity (Wildman–Crippen MR) is 87.0 cm³/mol. The molecule has 3 heterocycles. The molecule has 0 radical (unpaired) electrons. The highest BCUT2D eigenvalue weighted by atomic mass is 35.5. The number of fused-ring (bicyclic) bond motifs is 3. The highest BCUT2D eigenvalue weighted by molar-refractivity contribution is 7.19. The van der Waals surface area contributed by atoms with E-state index in [1.54, 1.807) is 11.3 Å². The molecule has 0 aromatic carbocycles. The molecule has 116 valence electrons. The lowest BCUT2D eigenvalue weighted by molar-refractivity contribution is -0.142. The summed E-state index contributed by atoms with van der Waals surface area (Å²) in [5.74, 6) is -0.0302. The number of halogens is 1. The van der Waals surface area contributed by atoms with E-state index in [0.29, 0.717) is 25.9 Å². The maximum atomic E-state index is 11.1. The van der Waals surface area contributed by atoms with E-state index in [0.717, 1.165) is 28.9 Å². The Morgan fingerprint density at radius 1 is 1.27 bits per heavy atom. The number of nitrogens with zero attached hydrogens (tertiary/aromatic N) is 3. The van der Waals surface area contributed by atoms with E-state index < -0.39 is 5.97 Å². The molecule has 22 heavy (non-hydrogen) atoms. The molecule has 0 bridgehead atoms. The van der Waals surface area contributed by atoms with E-state index in [4.69, 9.17) is 16.7 Å². The quantitative estimate of drug-likeness (QED) is 0.853. The molecule has 0 saturated carbocycles. The number of aromatic nitrogens is 2. The minimum absolute atomic E-state index is 0.239. The molecule has 5 nitrogen and oxygen atoms in total. The van der Waals surface area contributed by atoms with Crippen LogP contribution in [0.3, 0.4) is 0 Å². The molecular weight excluding hydrogens is 322 g/mol. The average molecular weight is 338 g/mol. The van der Waals surface area contributed by atoms with Gasteiger partial charge in [0, 0.05) is 18.0 Å². The fourth-order valence-electron chi connectivity index (χ4n) is 3.52. The van der Waals surface area contributed by atoms with Gasteiger partial charge in [-0.25, -0.2) is 4.98 Å². The molecule has 1 fully saturated rings. The number of anilines is 1. The van der Waals surface area contributed by atoms with Gasteiger partial charge in [0.2, 0.25) is 5.28 Å². The minimum atomic E-state index is -0.693. The van der Waals surface area contributed by atoms with E-state index in [1.165, 1.54) is 16.9 Å². The molecule has 2 aromatic rings. The summed E-state index contributed by atoms with van der Waals surface area (Å²) in [7, 11) is 0. The van der Waals surface area contributed by atoms with E-state index in [1.807, 2.05) is 0 Å². The van der Waals surface area contributed by atoms with Crippen LogP contribution < -0.4 is 4.90 Å².